The summed E-state index contributed by atoms with van der Waals surface area (Å²) in [6, 6.07) is 5.90. The molecule has 0 saturated heterocycles. The summed E-state index contributed by atoms with van der Waals surface area (Å²) in [6.07, 6.45) is 4.08. The van der Waals surface area contributed by atoms with Crippen LogP contribution in [0.5, 0.6) is 0 Å². The van der Waals surface area contributed by atoms with E-state index in [1.807, 2.05) is 18.4 Å². The topological polar surface area (TPSA) is 50.3 Å². The van der Waals surface area contributed by atoms with Gasteiger partial charge in [0.05, 0.1) is 6.29 Å². The maximum atomic E-state index is 10.5. The molecule has 1 aromatic rings. The van der Waals surface area contributed by atoms with Crippen LogP contribution in [0.25, 0.3) is 0 Å². The minimum Gasteiger partial charge on any atom is -0.870 e. The molecule has 0 radical (unpaired) electrons. The number of hydrogen-bond acceptors (Lipinski definition) is 3. The largest absolute Gasteiger partial charge is 1.00 e. The van der Waals surface area contributed by atoms with Gasteiger partial charge in [-0.05, 0) is 19.9 Å². The summed E-state index contributed by atoms with van der Waals surface area (Å²) in [5.74, 6) is 0. The molecular formula is C12H15LiNO2-. The van der Waals surface area contributed by atoms with Gasteiger partial charge in [0.15, 0.2) is 0 Å². The molecular weight excluding hydrogens is 197 g/mol. The standard InChI is InChI=1S/C12H14NO.Li.H2O/c1-13-6-4-11-3-2-10(9-14)8-12(11)5-7-13;;/h2-3,8H,4-7H2,1H3;;1H2/q-1;+1;/p-1. The van der Waals surface area contributed by atoms with Gasteiger partial charge >= 0.3 is 18.9 Å². The molecule has 0 fully saturated rings. The third kappa shape index (κ3) is 3.46. The molecule has 2 rings (SSSR count). The second-order valence-corrected chi connectivity index (χ2v) is 3.89. The van der Waals surface area contributed by atoms with Crippen molar-refractivity contribution in [3.8, 4) is 0 Å². The van der Waals surface area contributed by atoms with Crippen LogP contribution in [-0.2, 0) is 17.6 Å². The summed E-state index contributed by atoms with van der Waals surface area (Å²) in [6.45, 7) is 2.19. The van der Waals surface area contributed by atoms with E-state index in [1.165, 1.54) is 11.1 Å². The summed E-state index contributed by atoms with van der Waals surface area (Å²) in [5, 5.41) is 0. The fourth-order valence-electron chi connectivity index (χ4n) is 1.90. The van der Waals surface area contributed by atoms with E-state index in [1.54, 1.807) is 0 Å². The third-order valence-corrected chi connectivity index (χ3v) is 2.85. The van der Waals surface area contributed by atoms with Crippen molar-refractivity contribution < 1.29 is 29.1 Å². The Morgan fingerprint density at radius 2 is 1.81 bits per heavy atom. The number of benzene rings is 1. The second-order valence-electron chi connectivity index (χ2n) is 3.89. The Hall–Kier alpha value is -0.593. The average molecular weight is 212 g/mol. The number of carbonyl (C=O) groups excluding carboxylic acids is 1. The zero-order valence-electron chi connectivity index (χ0n) is 9.86. The number of likely N-dealkylation sites (N-methyl/N-ethyl adjacent to an activating group) is 1. The van der Waals surface area contributed by atoms with Crippen LogP contribution in [-0.4, -0.2) is 36.8 Å². The van der Waals surface area contributed by atoms with Gasteiger partial charge in [0.1, 0.15) is 0 Å². The van der Waals surface area contributed by atoms with Gasteiger partial charge in [-0.15, -0.1) is 6.07 Å². The van der Waals surface area contributed by atoms with Crippen molar-refractivity contribution in [3.63, 3.8) is 0 Å². The average Bonchev–Trinajstić information content (AvgIpc) is 2.40. The molecule has 82 valence electrons. The van der Waals surface area contributed by atoms with Crippen molar-refractivity contribution >= 4 is 6.29 Å². The van der Waals surface area contributed by atoms with Gasteiger partial charge in [-0.25, -0.2) is 0 Å². The molecule has 0 spiro atoms. The minimum absolute atomic E-state index is 0. The van der Waals surface area contributed by atoms with E-state index in [2.05, 4.69) is 18.0 Å². The zero-order chi connectivity index (χ0) is 9.97. The number of rotatable bonds is 1. The maximum Gasteiger partial charge on any atom is 1.00 e. The summed E-state index contributed by atoms with van der Waals surface area (Å²) >= 11 is 0. The van der Waals surface area contributed by atoms with Crippen molar-refractivity contribution in [2.75, 3.05) is 20.1 Å². The molecule has 0 aliphatic carbocycles. The van der Waals surface area contributed by atoms with E-state index in [-0.39, 0.29) is 24.3 Å². The van der Waals surface area contributed by atoms with Crippen molar-refractivity contribution in [3.05, 3.63) is 34.9 Å². The van der Waals surface area contributed by atoms with Crippen LogP contribution in [0.1, 0.15) is 16.7 Å². The quantitative estimate of drug-likeness (QED) is 0.400. The van der Waals surface area contributed by atoms with Gasteiger partial charge in [0.25, 0.3) is 0 Å². The first kappa shape index (κ1) is 15.4. The molecule has 16 heavy (non-hydrogen) atoms. The Morgan fingerprint density at radius 3 is 2.44 bits per heavy atom. The number of hydrogen-bond donors (Lipinski definition) is 0. The Morgan fingerprint density at radius 1 is 1.19 bits per heavy atom. The Labute approximate surface area is 108 Å². The van der Waals surface area contributed by atoms with Crippen LogP contribution in [0.2, 0.25) is 0 Å². The van der Waals surface area contributed by atoms with E-state index in [0.717, 1.165) is 25.9 Å². The Kier molecular flexibility index (Phi) is 6.62. The van der Waals surface area contributed by atoms with Crippen LogP contribution < -0.4 is 18.9 Å². The molecule has 1 aliphatic rings. The van der Waals surface area contributed by atoms with Crippen LogP contribution in [0, 0.1) is 0 Å². The molecule has 4 heteroatoms. The minimum atomic E-state index is 0. The Balaban J connectivity index is 0.00000112. The molecule has 1 aromatic carbocycles. The first-order chi connectivity index (χ1) is 6.79. The summed E-state index contributed by atoms with van der Waals surface area (Å²) < 4.78 is 0. The van der Waals surface area contributed by atoms with Gasteiger partial charge in [-0.2, -0.15) is 17.7 Å². The molecule has 0 aromatic heterocycles. The monoisotopic (exact) mass is 212 g/mol. The van der Waals surface area contributed by atoms with Gasteiger partial charge in [-0.1, -0.05) is 11.1 Å². The summed E-state index contributed by atoms with van der Waals surface area (Å²) in [4.78, 5) is 12.8. The smallest absolute Gasteiger partial charge is 0.870 e. The SMILES string of the molecule is CN1CCc2ccc([C-]=O)cc2CC1.[Li+].[OH-]. The van der Waals surface area contributed by atoms with E-state index < -0.39 is 0 Å². The van der Waals surface area contributed by atoms with Crippen LogP contribution in [0.3, 0.4) is 0 Å². The molecule has 0 unspecified atom stereocenters. The molecule has 1 N–H and O–H groups in total. The molecule has 0 saturated carbocycles. The predicted octanol–water partition coefficient (Wildman–Crippen LogP) is -2.00. The number of fused-ring (bicyclic) bond motifs is 1. The molecule has 0 atom stereocenters. The van der Waals surface area contributed by atoms with E-state index in [0.29, 0.717) is 5.56 Å². The summed E-state index contributed by atoms with van der Waals surface area (Å²) in [5.41, 5.74) is 3.37. The third-order valence-electron chi connectivity index (χ3n) is 2.85. The van der Waals surface area contributed by atoms with Crippen LogP contribution >= 0.6 is 0 Å². The predicted molar refractivity (Wildman–Crippen MR) is 58.1 cm³/mol. The molecule has 0 bridgehead atoms. The zero-order valence-corrected chi connectivity index (χ0v) is 9.86. The molecule has 1 heterocycles. The first-order valence-electron chi connectivity index (χ1n) is 4.98. The number of nitrogens with zero attached hydrogens (tertiary/aromatic N) is 1. The maximum absolute atomic E-state index is 10.5. The van der Waals surface area contributed by atoms with Crippen molar-refractivity contribution in [2.45, 2.75) is 12.8 Å². The normalized spacial score (nSPS) is 15.1. The molecule has 1 aliphatic heterocycles. The van der Waals surface area contributed by atoms with E-state index >= 15 is 0 Å². The van der Waals surface area contributed by atoms with Gasteiger partial charge < -0.3 is 15.2 Å². The Bertz CT molecular complexity index is 355. The van der Waals surface area contributed by atoms with E-state index in [9.17, 15) is 4.79 Å². The van der Waals surface area contributed by atoms with Crippen molar-refractivity contribution in [2.24, 2.45) is 0 Å². The van der Waals surface area contributed by atoms with Gasteiger partial charge in [0, 0.05) is 13.1 Å². The summed E-state index contributed by atoms with van der Waals surface area (Å²) in [7, 11) is 2.14. The first-order valence-corrected chi connectivity index (χ1v) is 4.98. The van der Waals surface area contributed by atoms with Crippen LogP contribution in [0.15, 0.2) is 18.2 Å². The van der Waals surface area contributed by atoms with Crippen molar-refractivity contribution in [1.82, 2.24) is 4.90 Å². The van der Waals surface area contributed by atoms with Crippen LogP contribution in [0.4, 0.5) is 0 Å². The van der Waals surface area contributed by atoms with Crippen molar-refractivity contribution in [1.29, 1.82) is 0 Å². The fourth-order valence-corrected chi connectivity index (χ4v) is 1.90. The van der Waals surface area contributed by atoms with Gasteiger partial charge in [0.2, 0.25) is 0 Å². The van der Waals surface area contributed by atoms with E-state index in [4.69, 9.17) is 0 Å². The second kappa shape index (κ2) is 6.88. The molecule has 3 nitrogen and oxygen atoms in total. The molecule has 0 amide bonds. The fraction of sp³-hybridized carbons (Fsp3) is 0.417. The van der Waals surface area contributed by atoms with Gasteiger partial charge in [-0.3, -0.25) is 0 Å².